The molecule has 30 heavy (non-hydrogen) atoms. The van der Waals surface area contributed by atoms with Gasteiger partial charge in [-0.25, -0.2) is 10.1 Å². The number of nitrogens with one attached hydrogen (secondary N) is 2. The van der Waals surface area contributed by atoms with Crippen LogP contribution in [0.15, 0.2) is 46.9 Å². The third-order valence-electron chi connectivity index (χ3n) is 4.45. The van der Waals surface area contributed by atoms with Crippen LogP contribution in [0.3, 0.4) is 0 Å². The van der Waals surface area contributed by atoms with Crippen LogP contribution in [0.2, 0.25) is 0 Å². The fourth-order valence-electron chi connectivity index (χ4n) is 3.06. The molecule has 0 fully saturated rings. The Morgan fingerprint density at radius 3 is 2.80 bits per heavy atom. The number of methoxy groups -OCH3 is 2. The number of hydrogen-bond donors (Lipinski definition) is 3. The van der Waals surface area contributed by atoms with Crippen molar-refractivity contribution in [3.05, 3.63) is 52.2 Å². The molecule has 2 aromatic heterocycles. The number of thioether (sulfide) groups is 1. The van der Waals surface area contributed by atoms with Gasteiger partial charge >= 0.3 is 0 Å². The Kier molecular flexibility index (Phi) is 5.81. The second-order valence-electron chi connectivity index (χ2n) is 6.28. The number of ether oxygens (including phenoxy) is 2. The van der Waals surface area contributed by atoms with E-state index in [1.807, 2.05) is 41.8 Å². The van der Waals surface area contributed by atoms with Gasteiger partial charge in [0.05, 0.1) is 36.6 Å². The van der Waals surface area contributed by atoms with E-state index in [1.54, 1.807) is 30.6 Å². The van der Waals surface area contributed by atoms with Crippen molar-refractivity contribution in [1.82, 2.24) is 25.6 Å². The fraction of sp³-hybridized carbons (Fsp3) is 0.211. The molecular weight excluding hydrogens is 424 g/mol. The van der Waals surface area contributed by atoms with Crippen LogP contribution in [-0.4, -0.2) is 46.1 Å². The molecule has 4 rings (SSSR count). The third-order valence-corrected chi connectivity index (χ3v) is 6.19. The summed E-state index contributed by atoms with van der Waals surface area (Å²) in [6.45, 7) is 0. The molecule has 0 unspecified atom stereocenters. The second-order valence-corrected chi connectivity index (χ2v) is 8.17. The van der Waals surface area contributed by atoms with Gasteiger partial charge < -0.3 is 15.2 Å². The summed E-state index contributed by atoms with van der Waals surface area (Å²) in [6.07, 6.45) is 2.03. The van der Waals surface area contributed by atoms with Crippen LogP contribution in [0.4, 0.5) is 5.95 Å². The largest absolute Gasteiger partial charge is 0.493 e. The zero-order valence-corrected chi connectivity index (χ0v) is 17.9. The first-order valence-electron chi connectivity index (χ1n) is 8.96. The summed E-state index contributed by atoms with van der Waals surface area (Å²) in [7, 11) is 3.18. The number of hydrogen-bond acceptors (Lipinski definition) is 9. The van der Waals surface area contributed by atoms with Crippen LogP contribution in [0.1, 0.15) is 16.5 Å². The molecule has 0 saturated carbocycles. The Morgan fingerprint density at radius 1 is 1.30 bits per heavy atom. The van der Waals surface area contributed by atoms with Crippen molar-refractivity contribution in [2.45, 2.75) is 11.2 Å². The second kappa shape index (κ2) is 8.67. The first-order chi connectivity index (χ1) is 14.6. The molecule has 0 spiro atoms. The number of nitrogens with zero attached hydrogens (tertiary/aromatic N) is 3. The van der Waals surface area contributed by atoms with Crippen LogP contribution < -0.4 is 20.6 Å². The maximum atomic E-state index is 13.1. The number of hydrazine groups is 1. The zero-order valence-electron chi connectivity index (χ0n) is 16.3. The summed E-state index contributed by atoms with van der Waals surface area (Å²) >= 11 is 2.82. The van der Waals surface area contributed by atoms with Crippen LogP contribution in [0, 0.1) is 0 Å². The molecule has 9 nitrogen and oxygen atoms in total. The van der Waals surface area contributed by atoms with E-state index in [-0.39, 0.29) is 23.7 Å². The van der Waals surface area contributed by atoms with E-state index in [2.05, 4.69) is 20.6 Å². The summed E-state index contributed by atoms with van der Waals surface area (Å²) in [6, 6.07) is 9.30. The van der Waals surface area contributed by atoms with Gasteiger partial charge in [-0.15, -0.1) is 16.4 Å². The first kappa shape index (κ1) is 20.1. The highest BCUT2D eigenvalue weighted by Gasteiger charge is 2.31. The smallest absolute Gasteiger partial charge is 0.252 e. The van der Waals surface area contributed by atoms with Crippen molar-refractivity contribution >= 4 is 40.7 Å². The maximum Gasteiger partial charge on any atom is 0.252 e. The number of nitrogens with two attached hydrogens (primary N) is 1. The Labute approximate surface area is 181 Å². The van der Waals surface area contributed by atoms with E-state index in [1.165, 1.54) is 11.8 Å². The van der Waals surface area contributed by atoms with Crippen molar-refractivity contribution in [3.8, 4) is 11.5 Å². The van der Waals surface area contributed by atoms with E-state index >= 15 is 0 Å². The number of thiophene rings is 1. The van der Waals surface area contributed by atoms with Gasteiger partial charge in [0.2, 0.25) is 11.1 Å². The molecule has 0 saturated heterocycles. The quantitative estimate of drug-likeness (QED) is 0.476. The molecule has 1 aliphatic heterocycles. The van der Waals surface area contributed by atoms with E-state index in [4.69, 9.17) is 15.2 Å². The molecule has 4 N–H and O–H groups in total. The molecule has 1 aromatic carbocycles. The number of amides is 1. The van der Waals surface area contributed by atoms with Gasteiger partial charge in [-0.2, -0.15) is 4.98 Å². The van der Waals surface area contributed by atoms with Crippen LogP contribution >= 0.6 is 23.1 Å². The molecule has 0 radical (unpaired) electrons. The molecule has 1 atom stereocenters. The normalized spacial score (nSPS) is 15.6. The lowest BCUT2D eigenvalue weighted by Gasteiger charge is -2.25. The maximum absolute atomic E-state index is 13.1. The van der Waals surface area contributed by atoms with Crippen molar-refractivity contribution in [1.29, 1.82) is 0 Å². The number of aromatic nitrogens is 3. The lowest BCUT2D eigenvalue weighted by Crippen LogP contribution is -2.40. The number of carbonyl (C=O) groups excluding carboxylic acids is 1. The van der Waals surface area contributed by atoms with Crippen LogP contribution in [0.25, 0.3) is 5.70 Å². The van der Waals surface area contributed by atoms with E-state index in [0.717, 1.165) is 16.1 Å². The minimum Gasteiger partial charge on any atom is -0.493 e. The van der Waals surface area contributed by atoms with Crippen LogP contribution in [-0.2, 0) is 4.79 Å². The summed E-state index contributed by atoms with van der Waals surface area (Å²) in [5.74, 6) is 1.48. The van der Waals surface area contributed by atoms with Gasteiger partial charge in [0.1, 0.15) is 0 Å². The third kappa shape index (κ3) is 4.07. The number of anilines is 1. The van der Waals surface area contributed by atoms with Crippen molar-refractivity contribution in [2.75, 3.05) is 25.7 Å². The van der Waals surface area contributed by atoms with E-state index in [0.29, 0.717) is 16.7 Å². The summed E-state index contributed by atoms with van der Waals surface area (Å²) in [5, 5.41) is 10.6. The van der Waals surface area contributed by atoms with Gasteiger partial charge in [-0.1, -0.05) is 23.9 Å². The van der Waals surface area contributed by atoms with Crippen LogP contribution in [0.5, 0.6) is 11.5 Å². The Morgan fingerprint density at radius 2 is 2.13 bits per heavy atom. The Bertz CT molecular complexity index is 1070. The number of carbonyl (C=O) groups is 1. The zero-order chi connectivity index (χ0) is 21.1. The lowest BCUT2D eigenvalue weighted by molar-refractivity contribution is -0.131. The SMILES string of the molecule is COc1ccc([C@@H]2C=C(c3cccs3)NN2C(=O)CSc2n[nH]c(N)n2)cc1OC. The number of benzene rings is 1. The number of aromatic amines is 1. The minimum absolute atomic E-state index is 0.119. The number of H-pyrrole nitrogens is 1. The monoisotopic (exact) mass is 444 g/mol. The fourth-order valence-corrected chi connectivity index (χ4v) is 4.42. The molecule has 0 bridgehead atoms. The van der Waals surface area contributed by atoms with Crippen molar-refractivity contribution in [2.24, 2.45) is 0 Å². The molecular formula is C19H20N6O3S2. The highest BCUT2D eigenvalue weighted by atomic mass is 32.2. The van der Waals surface area contributed by atoms with Crippen molar-refractivity contribution in [3.63, 3.8) is 0 Å². The lowest BCUT2D eigenvalue weighted by atomic mass is 10.1. The number of nitrogen functional groups attached to an aromatic ring is 1. The highest BCUT2D eigenvalue weighted by molar-refractivity contribution is 7.99. The first-order valence-corrected chi connectivity index (χ1v) is 10.8. The Hall–Kier alpha value is -3.18. The summed E-state index contributed by atoms with van der Waals surface area (Å²) in [5.41, 5.74) is 10.6. The topological polar surface area (TPSA) is 118 Å². The van der Waals surface area contributed by atoms with Gasteiger partial charge in [0.25, 0.3) is 5.91 Å². The molecule has 156 valence electrons. The number of rotatable bonds is 7. The molecule has 1 amide bonds. The van der Waals surface area contributed by atoms with Crippen molar-refractivity contribution < 1.29 is 14.3 Å². The molecule has 11 heteroatoms. The van der Waals surface area contributed by atoms with Gasteiger partial charge in [0.15, 0.2) is 11.5 Å². The summed E-state index contributed by atoms with van der Waals surface area (Å²) < 4.78 is 10.8. The van der Waals surface area contributed by atoms with Gasteiger partial charge in [0, 0.05) is 0 Å². The molecule has 3 aromatic rings. The molecule has 1 aliphatic rings. The highest BCUT2D eigenvalue weighted by Crippen LogP contribution is 2.37. The van der Waals surface area contributed by atoms with E-state index < -0.39 is 0 Å². The predicted molar refractivity (Wildman–Crippen MR) is 116 cm³/mol. The molecule has 3 heterocycles. The van der Waals surface area contributed by atoms with Gasteiger partial charge in [-0.05, 0) is 35.2 Å². The molecule has 0 aliphatic carbocycles. The average molecular weight is 445 g/mol. The van der Waals surface area contributed by atoms with E-state index in [9.17, 15) is 4.79 Å². The average Bonchev–Trinajstić information content (AvgIpc) is 3.51. The predicted octanol–water partition coefficient (Wildman–Crippen LogP) is 2.69. The standard InChI is InChI=1S/C19H20N6O3S2/c1-27-14-6-5-11(8-15(14)28-2)13-9-12(16-4-3-7-29-16)24-25(13)17(26)10-30-19-21-18(20)22-23-19/h3-9,13,24H,10H2,1-2H3,(H3,20,21,22,23)/t13-/m0/s1. The minimum atomic E-state index is -0.313. The summed E-state index contributed by atoms with van der Waals surface area (Å²) in [4.78, 5) is 18.1. The Balaban J connectivity index is 1.60. The van der Waals surface area contributed by atoms with Gasteiger partial charge in [-0.3, -0.25) is 10.2 Å².